The van der Waals surface area contributed by atoms with Gasteiger partial charge in [-0.25, -0.2) is 0 Å². The maximum atomic E-state index is 2.33. The lowest BCUT2D eigenvalue weighted by molar-refractivity contribution is 0.919. The van der Waals surface area contributed by atoms with Gasteiger partial charge in [0.25, 0.3) is 0 Å². The van der Waals surface area contributed by atoms with Crippen LogP contribution < -0.4 is 15.9 Å². The maximum absolute atomic E-state index is 2.33. The van der Waals surface area contributed by atoms with Gasteiger partial charge in [-0.15, -0.1) is 0 Å². The van der Waals surface area contributed by atoms with E-state index in [2.05, 4.69) is 122 Å². The summed E-state index contributed by atoms with van der Waals surface area (Å²) < 4.78 is 0. The largest absolute Gasteiger partial charge is 0.112 e. The van der Waals surface area contributed by atoms with E-state index in [1.54, 1.807) is 0 Å². The van der Waals surface area contributed by atoms with E-state index < -0.39 is 7.26 Å². The molecule has 0 radical (unpaired) electrons. The van der Waals surface area contributed by atoms with Gasteiger partial charge in [-0.2, -0.15) is 0 Å². The third kappa shape index (κ3) is 4.19. The molecule has 0 saturated heterocycles. The van der Waals surface area contributed by atoms with Crippen molar-refractivity contribution in [3.63, 3.8) is 0 Å². The smallest absolute Gasteiger partial charge is 0.0620 e. The molecule has 144 valence electrons. The topological polar surface area (TPSA) is 0 Å². The second-order valence-corrected chi connectivity index (χ2v) is 11.2. The van der Waals surface area contributed by atoms with Gasteiger partial charge in [0, 0.05) is 0 Å². The van der Waals surface area contributed by atoms with E-state index in [0.717, 1.165) is 6.42 Å². The first kappa shape index (κ1) is 19.6. The number of rotatable bonds is 7. The van der Waals surface area contributed by atoms with Crippen LogP contribution in [0.1, 0.15) is 17.5 Å². The summed E-state index contributed by atoms with van der Waals surface area (Å²) in [5, 5.41) is 4.42. The molecule has 0 unspecified atom stereocenters. The molecular weight excluding hydrogens is 367 g/mol. The average Bonchev–Trinajstić information content (AvgIpc) is 2.80. The van der Waals surface area contributed by atoms with Crippen LogP contribution in [0.2, 0.25) is 0 Å². The third-order valence-corrected chi connectivity index (χ3v) is 10.3. The highest BCUT2D eigenvalue weighted by Crippen LogP contribution is 2.55. The van der Waals surface area contributed by atoms with E-state index >= 15 is 0 Å². The van der Waals surface area contributed by atoms with Gasteiger partial charge < -0.3 is 0 Å². The van der Waals surface area contributed by atoms with Crippen LogP contribution in [0.25, 0.3) is 0 Å². The van der Waals surface area contributed by atoms with Crippen molar-refractivity contribution >= 4 is 23.2 Å². The van der Waals surface area contributed by atoms with Gasteiger partial charge in [-0.3, -0.25) is 0 Å². The fourth-order valence-electron chi connectivity index (χ4n) is 4.28. The Morgan fingerprint density at radius 3 is 1.38 bits per heavy atom. The summed E-state index contributed by atoms with van der Waals surface area (Å²) >= 11 is 0. The summed E-state index contributed by atoms with van der Waals surface area (Å²) in [5.41, 5.74) is 2.87. The van der Waals surface area contributed by atoms with E-state index in [4.69, 9.17) is 0 Å². The second kappa shape index (κ2) is 9.21. The SMILES string of the molecule is Cc1ccccc1CCC[P+](c1ccccc1)(c1ccccc1)c1ccccc1. The molecule has 0 heterocycles. The second-order valence-electron chi connectivity index (χ2n) is 7.57. The Morgan fingerprint density at radius 2 is 0.931 bits per heavy atom. The molecule has 0 bridgehead atoms. The zero-order valence-electron chi connectivity index (χ0n) is 17.0. The van der Waals surface area contributed by atoms with E-state index in [9.17, 15) is 0 Å². The Hall–Kier alpha value is -2.69. The van der Waals surface area contributed by atoms with Crippen molar-refractivity contribution in [1.82, 2.24) is 0 Å². The summed E-state index contributed by atoms with van der Waals surface area (Å²) in [6.45, 7) is 2.23. The fourth-order valence-corrected chi connectivity index (χ4v) is 8.62. The molecule has 0 aromatic heterocycles. The van der Waals surface area contributed by atoms with Crippen molar-refractivity contribution in [2.45, 2.75) is 19.8 Å². The molecule has 29 heavy (non-hydrogen) atoms. The molecule has 1 heteroatoms. The molecule has 0 atom stereocenters. The predicted molar refractivity (Wildman–Crippen MR) is 130 cm³/mol. The molecule has 4 aromatic rings. The highest BCUT2D eigenvalue weighted by molar-refractivity contribution is 7.95. The summed E-state index contributed by atoms with van der Waals surface area (Å²) in [6, 6.07) is 42.3. The lowest BCUT2D eigenvalue weighted by atomic mass is 10.1. The van der Waals surface area contributed by atoms with Gasteiger partial charge in [0.2, 0.25) is 0 Å². The molecule has 0 amide bonds. The van der Waals surface area contributed by atoms with Crippen LogP contribution in [-0.4, -0.2) is 6.16 Å². The van der Waals surface area contributed by atoms with Crippen LogP contribution in [0, 0.1) is 6.92 Å². The van der Waals surface area contributed by atoms with Crippen LogP contribution in [0.3, 0.4) is 0 Å². The molecule has 0 nitrogen and oxygen atoms in total. The van der Waals surface area contributed by atoms with Gasteiger partial charge in [0.05, 0.1) is 6.16 Å². The lowest BCUT2D eigenvalue weighted by Crippen LogP contribution is -2.33. The van der Waals surface area contributed by atoms with E-state index in [-0.39, 0.29) is 0 Å². The first-order chi connectivity index (χ1) is 14.3. The van der Waals surface area contributed by atoms with Gasteiger partial charge in [-0.1, -0.05) is 78.9 Å². The van der Waals surface area contributed by atoms with Crippen molar-refractivity contribution in [2.24, 2.45) is 0 Å². The van der Waals surface area contributed by atoms with Gasteiger partial charge in [0.15, 0.2) is 0 Å². The molecule has 0 saturated carbocycles. The molecule has 0 N–H and O–H groups in total. The van der Waals surface area contributed by atoms with Crippen LogP contribution in [-0.2, 0) is 6.42 Å². The minimum absolute atomic E-state index is 1.13. The predicted octanol–water partition coefficient (Wildman–Crippen LogP) is 5.92. The first-order valence-corrected chi connectivity index (χ1v) is 12.4. The lowest BCUT2D eigenvalue weighted by Gasteiger charge is -2.27. The number of aryl methyl sites for hydroxylation is 2. The standard InChI is InChI=1S/C28H28P/c1-24-14-11-12-15-25(24)16-13-23-29(26-17-5-2-6-18-26,27-19-7-3-8-20-27)28-21-9-4-10-22-28/h2-12,14-15,17-22H,13,16,23H2,1H3/q+1. The average molecular weight is 396 g/mol. The van der Waals surface area contributed by atoms with Gasteiger partial charge >= 0.3 is 0 Å². The molecule has 4 aromatic carbocycles. The molecule has 0 fully saturated rings. The van der Waals surface area contributed by atoms with Crippen molar-refractivity contribution in [2.75, 3.05) is 6.16 Å². The highest BCUT2D eigenvalue weighted by Gasteiger charge is 2.44. The first-order valence-electron chi connectivity index (χ1n) is 10.4. The summed E-state index contributed by atoms with van der Waals surface area (Å²) in [4.78, 5) is 0. The molecule has 0 aliphatic heterocycles. The minimum atomic E-state index is -1.71. The molecule has 0 spiro atoms. The number of hydrogen-bond acceptors (Lipinski definition) is 0. The number of hydrogen-bond donors (Lipinski definition) is 0. The Bertz CT molecular complexity index is 927. The molecule has 0 aliphatic carbocycles. The molecular formula is C28H28P+. The zero-order valence-corrected chi connectivity index (χ0v) is 17.9. The van der Waals surface area contributed by atoms with Crippen molar-refractivity contribution < 1.29 is 0 Å². The zero-order chi connectivity index (χ0) is 19.9. The summed E-state index contributed by atoms with van der Waals surface area (Å²) in [5.74, 6) is 0. The molecule has 4 rings (SSSR count). The Labute approximate surface area is 175 Å². The van der Waals surface area contributed by atoms with Crippen LogP contribution in [0.4, 0.5) is 0 Å². The fraction of sp³-hybridized carbons (Fsp3) is 0.143. The quantitative estimate of drug-likeness (QED) is 0.341. The van der Waals surface area contributed by atoms with Gasteiger partial charge in [0.1, 0.15) is 23.2 Å². The Balaban J connectivity index is 1.78. The normalized spacial score (nSPS) is 11.3. The van der Waals surface area contributed by atoms with Crippen molar-refractivity contribution in [3.05, 3.63) is 126 Å². The van der Waals surface area contributed by atoms with Crippen LogP contribution in [0.5, 0.6) is 0 Å². The van der Waals surface area contributed by atoms with Crippen molar-refractivity contribution in [1.29, 1.82) is 0 Å². The summed E-state index contributed by atoms with van der Waals surface area (Å²) in [6.07, 6.45) is 3.48. The maximum Gasteiger partial charge on any atom is 0.112 e. The van der Waals surface area contributed by atoms with Crippen LogP contribution >= 0.6 is 7.26 Å². The third-order valence-electron chi connectivity index (χ3n) is 5.79. The molecule has 0 aliphatic rings. The Morgan fingerprint density at radius 1 is 0.517 bits per heavy atom. The number of benzene rings is 4. The van der Waals surface area contributed by atoms with Gasteiger partial charge in [-0.05, 0) is 67.3 Å². The van der Waals surface area contributed by atoms with Crippen molar-refractivity contribution in [3.8, 4) is 0 Å². The Kier molecular flexibility index (Phi) is 6.23. The van der Waals surface area contributed by atoms with E-state index in [1.807, 2.05) is 0 Å². The minimum Gasteiger partial charge on any atom is -0.0620 e. The van der Waals surface area contributed by atoms with E-state index in [1.165, 1.54) is 39.6 Å². The highest BCUT2D eigenvalue weighted by atomic mass is 31.2. The van der Waals surface area contributed by atoms with E-state index in [0.29, 0.717) is 0 Å². The monoisotopic (exact) mass is 395 g/mol. The van der Waals surface area contributed by atoms with Crippen LogP contribution in [0.15, 0.2) is 115 Å². The summed E-state index contributed by atoms with van der Waals surface area (Å²) in [7, 11) is -1.71.